The van der Waals surface area contributed by atoms with E-state index in [2.05, 4.69) is 10.6 Å². The van der Waals surface area contributed by atoms with E-state index in [9.17, 15) is 9.90 Å². The van der Waals surface area contributed by atoms with Gasteiger partial charge < -0.3 is 20.5 Å². The SMILES string of the molecule is COc1ccc(C)c(NC(=O)NC2C3CCC(C3)C2CO)c1. The Hall–Kier alpha value is -1.75. The molecule has 0 radical (unpaired) electrons. The molecule has 2 saturated carbocycles. The van der Waals surface area contributed by atoms with Crippen molar-refractivity contribution in [3.63, 3.8) is 0 Å². The lowest BCUT2D eigenvalue weighted by atomic mass is 9.85. The minimum absolute atomic E-state index is 0.0923. The van der Waals surface area contributed by atoms with Gasteiger partial charge in [0.25, 0.3) is 0 Å². The molecule has 2 fully saturated rings. The van der Waals surface area contributed by atoms with Crippen LogP contribution in [0.25, 0.3) is 0 Å². The van der Waals surface area contributed by atoms with Gasteiger partial charge in [-0.05, 0) is 49.7 Å². The largest absolute Gasteiger partial charge is 0.497 e. The van der Waals surface area contributed by atoms with Crippen LogP contribution in [0.4, 0.5) is 10.5 Å². The van der Waals surface area contributed by atoms with Gasteiger partial charge in [-0.2, -0.15) is 0 Å². The molecule has 4 unspecified atom stereocenters. The fourth-order valence-corrected chi connectivity index (χ4v) is 4.07. The summed E-state index contributed by atoms with van der Waals surface area (Å²) in [5, 5.41) is 15.6. The van der Waals surface area contributed by atoms with Crippen molar-refractivity contribution in [3.05, 3.63) is 23.8 Å². The maximum absolute atomic E-state index is 12.3. The summed E-state index contributed by atoms with van der Waals surface area (Å²) in [6.45, 7) is 2.10. The molecule has 2 bridgehead atoms. The van der Waals surface area contributed by atoms with Crippen LogP contribution in [0, 0.1) is 24.7 Å². The summed E-state index contributed by atoms with van der Waals surface area (Å²) in [7, 11) is 1.61. The zero-order chi connectivity index (χ0) is 15.7. The van der Waals surface area contributed by atoms with E-state index >= 15 is 0 Å². The summed E-state index contributed by atoms with van der Waals surface area (Å²) in [6.07, 6.45) is 3.48. The molecular weight excluding hydrogens is 280 g/mol. The van der Waals surface area contributed by atoms with Gasteiger partial charge in [0, 0.05) is 30.3 Å². The molecule has 5 nitrogen and oxygen atoms in total. The molecule has 0 aromatic heterocycles. The molecule has 0 aliphatic heterocycles. The monoisotopic (exact) mass is 304 g/mol. The van der Waals surface area contributed by atoms with Crippen molar-refractivity contribution in [2.75, 3.05) is 19.0 Å². The van der Waals surface area contributed by atoms with Crippen molar-refractivity contribution < 1.29 is 14.6 Å². The third-order valence-electron chi connectivity index (χ3n) is 5.29. The standard InChI is InChI=1S/C17H24N2O3/c1-10-3-6-13(22-2)8-15(10)18-17(21)19-16-12-5-4-11(7-12)14(16)9-20/h3,6,8,11-12,14,16,20H,4-5,7,9H2,1-2H3,(H2,18,19,21). The van der Waals surface area contributed by atoms with E-state index in [0.717, 1.165) is 24.1 Å². The number of nitrogens with one attached hydrogen (secondary N) is 2. The molecule has 3 rings (SSSR count). The number of fused-ring (bicyclic) bond motifs is 2. The van der Waals surface area contributed by atoms with E-state index < -0.39 is 0 Å². The highest BCUT2D eigenvalue weighted by molar-refractivity contribution is 5.90. The number of benzene rings is 1. The maximum Gasteiger partial charge on any atom is 0.319 e. The first kappa shape index (κ1) is 15.2. The number of carbonyl (C=O) groups is 1. The Kier molecular flexibility index (Phi) is 4.25. The number of anilines is 1. The summed E-state index contributed by atoms with van der Waals surface area (Å²) >= 11 is 0. The Balaban J connectivity index is 1.65. The average molecular weight is 304 g/mol. The summed E-state index contributed by atoms with van der Waals surface area (Å²) < 4.78 is 5.19. The zero-order valence-electron chi connectivity index (χ0n) is 13.1. The Morgan fingerprint density at radius 1 is 1.36 bits per heavy atom. The van der Waals surface area contributed by atoms with Crippen molar-refractivity contribution in [1.29, 1.82) is 0 Å². The van der Waals surface area contributed by atoms with Crippen molar-refractivity contribution in [2.45, 2.75) is 32.2 Å². The average Bonchev–Trinajstić information content (AvgIpc) is 3.10. The van der Waals surface area contributed by atoms with Crippen LogP contribution in [-0.4, -0.2) is 30.9 Å². The van der Waals surface area contributed by atoms with Crippen LogP contribution in [0.5, 0.6) is 5.75 Å². The topological polar surface area (TPSA) is 70.6 Å². The Bertz CT molecular complexity index is 561. The minimum atomic E-state index is -0.202. The number of aryl methyl sites for hydroxylation is 1. The van der Waals surface area contributed by atoms with Crippen LogP contribution in [0.2, 0.25) is 0 Å². The Morgan fingerprint density at radius 2 is 2.14 bits per heavy atom. The van der Waals surface area contributed by atoms with E-state index in [1.807, 2.05) is 25.1 Å². The van der Waals surface area contributed by atoms with Gasteiger partial charge in [-0.3, -0.25) is 0 Å². The van der Waals surface area contributed by atoms with Crippen LogP contribution >= 0.6 is 0 Å². The van der Waals surface area contributed by atoms with Gasteiger partial charge in [-0.1, -0.05) is 6.07 Å². The van der Waals surface area contributed by atoms with Crippen LogP contribution in [0.3, 0.4) is 0 Å². The number of amides is 2. The highest BCUT2D eigenvalue weighted by Crippen LogP contribution is 2.48. The lowest BCUT2D eigenvalue weighted by Gasteiger charge is -2.30. The molecule has 22 heavy (non-hydrogen) atoms. The molecule has 0 heterocycles. The molecule has 120 valence electrons. The molecule has 1 aromatic rings. The van der Waals surface area contributed by atoms with E-state index in [4.69, 9.17) is 4.74 Å². The second-order valence-corrected chi connectivity index (χ2v) is 6.48. The minimum Gasteiger partial charge on any atom is -0.497 e. The first-order valence-electron chi connectivity index (χ1n) is 7.95. The third-order valence-corrected chi connectivity index (χ3v) is 5.29. The van der Waals surface area contributed by atoms with Crippen molar-refractivity contribution in [2.24, 2.45) is 17.8 Å². The molecule has 0 saturated heterocycles. The van der Waals surface area contributed by atoms with Gasteiger partial charge in [0.15, 0.2) is 0 Å². The van der Waals surface area contributed by atoms with E-state index in [0.29, 0.717) is 17.6 Å². The van der Waals surface area contributed by atoms with Gasteiger partial charge in [-0.15, -0.1) is 0 Å². The number of hydrogen-bond donors (Lipinski definition) is 3. The molecule has 1 aromatic carbocycles. The molecule has 2 aliphatic rings. The lowest BCUT2D eigenvalue weighted by molar-refractivity contribution is 0.146. The number of methoxy groups -OCH3 is 1. The quantitative estimate of drug-likeness (QED) is 0.800. The molecule has 4 atom stereocenters. The normalized spacial score (nSPS) is 29.4. The first-order valence-corrected chi connectivity index (χ1v) is 7.95. The second kappa shape index (κ2) is 6.16. The summed E-state index contributed by atoms with van der Waals surface area (Å²) in [5.74, 6) is 2.00. The summed E-state index contributed by atoms with van der Waals surface area (Å²) in [5.41, 5.74) is 1.74. The van der Waals surface area contributed by atoms with E-state index in [1.54, 1.807) is 7.11 Å². The fourth-order valence-electron chi connectivity index (χ4n) is 4.07. The van der Waals surface area contributed by atoms with E-state index in [-0.39, 0.29) is 24.6 Å². The lowest BCUT2D eigenvalue weighted by Crippen LogP contribution is -2.46. The smallest absolute Gasteiger partial charge is 0.319 e. The number of hydrogen-bond acceptors (Lipinski definition) is 3. The molecule has 2 amide bonds. The number of carbonyl (C=O) groups excluding carboxylic acids is 1. The molecule has 0 spiro atoms. The predicted octanol–water partition coefficient (Wildman–Crippen LogP) is 2.53. The highest BCUT2D eigenvalue weighted by Gasteiger charge is 2.47. The number of urea groups is 1. The van der Waals surface area contributed by atoms with Crippen LogP contribution in [0.1, 0.15) is 24.8 Å². The number of aliphatic hydroxyl groups excluding tert-OH is 1. The van der Waals surface area contributed by atoms with Crippen molar-refractivity contribution >= 4 is 11.7 Å². The zero-order valence-corrected chi connectivity index (χ0v) is 13.1. The molecule has 3 N–H and O–H groups in total. The van der Waals surface area contributed by atoms with Crippen LogP contribution in [-0.2, 0) is 0 Å². The van der Waals surface area contributed by atoms with Gasteiger partial charge >= 0.3 is 6.03 Å². The summed E-state index contributed by atoms with van der Waals surface area (Å²) in [6, 6.07) is 5.50. The van der Waals surface area contributed by atoms with Crippen molar-refractivity contribution in [1.82, 2.24) is 5.32 Å². The van der Waals surface area contributed by atoms with Gasteiger partial charge in [0.05, 0.1) is 7.11 Å². The van der Waals surface area contributed by atoms with Crippen LogP contribution < -0.4 is 15.4 Å². The number of ether oxygens (including phenoxy) is 1. The fraction of sp³-hybridized carbons (Fsp3) is 0.588. The first-order chi connectivity index (χ1) is 10.6. The molecule has 2 aliphatic carbocycles. The van der Waals surface area contributed by atoms with Crippen molar-refractivity contribution in [3.8, 4) is 5.75 Å². The van der Waals surface area contributed by atoms with Gasteiger partial charge in [0.1, 0.15) is 5.75 Å². The number of aliphatic hydroxyl groups is 1. The number of rotatable bonds is 4. The third kappa shape index (κ3) is 2.77. The maximum atomic E-state index is 12.3. The molecule has 5 heteroatoms. The Morgan fingerprint density at radius 3 is 2.86 bits per heavy atom. The highest BCUT2D eigenvalue weighted by atomic mass is 16.5. The van der Waals surface area contributed by atoms with Gasteiger partial charge in [-0.25, -0.2) is 4.79 Å². The van der Waals surface area contributed by atoms with Crippen LogP contribution in [0.15, 0.2) is 18.2 Å². The second-order valence-electron chi connectivity index (χ2n) is 6.48. The molecular formula is C17H24N2O3. The summed E-state index contributed by atoms with van der Waals surface area (Å²) in [4.78, 5) is 12.3. The predicted molar refractivity (Wildman–Crippen MR) is 85.1 cm³/mol. The van der Waals surface area contributed by atoms with Gasteiger partial charge in [0.2, 0.25) is 0 Å². The Labute approximate surface area is 131 Å². The van der Waals surface area contributed by atoms with E-state index in [1.165, 1.54) is 6.42 Å².